The number of ether oxygens (including phenoxy) is 6. The maximum atomic E-state index is 13.6. The molecule has 0 aliphatic carbocycles. The molecule has 0 aliphatic rings. The fraction of sp³-hybridized carbons (Fsp3) is 0.698. The van der Waals surface area contributed by atoms with Gasteiger partial charge < -0.3 is 28.4 Å². The van der Waals surface area contributed by atoms with Gasteiger partial charge >= 0.3 is 15.6 Å². The van der Waals surface area contributed by atoms with Crippen LogP contribution in [-0.2, 0) is 68.4 Å². The molecule has 0 N–H and O–H groups in total. The summed E-state index contributed by atoms with van der Waals surface area (Å²) in [6.45, 7) is 12.4. The van der Waals surface area contributed by atoms with E-state index in [4.69, 9.17) is 55.6 Å². The minimum Gasteiger partial charge on any atom is -0.497 e. The Kier molecular flexibility index (Phi) is 39.7. The van der Waals surface area contributed by atoms with E-state index in [2.05, 4.69) is 47.1 Å². The van der Waals surface area contributed by atoms with Crippen LogP contribution in [0, 0.1) is 0 Å². The zero-order valence-corrected chi connectivity index (χ0v) is 47.1. The molecular formula is C53H88N6O14P2. The van der Waals surface area contributed by atoms with E-state index >= 15 is 0 Å². The summed E-state index contributed by atoms with van der Waals surface area (Å²) in [6, 6.07) is 13.9. The third kappa shape index (κ3) is 33.9. The molecule has 0 heterocycles. The number of rotatable bonds is 52. The highest BCUT2D eigenvalue weighted by atomic mass is 31.2. The quantitative estimate of drug-likeness (QED) is 0.0149. The maximum Gasteiger partial charge on any atom is 0.475 e. The number of hydrogen-bond acceptors (Lipinski definition) is 16. The number of unbranched alkanes of at least 4 members (excludes halogenated alkanes) is 10. The number of phosphoric acid groups is 2. The second-order valence-corrected chi connectivity index (χ2v) is 21.1. The van der Waals surface area contributed by atoms with Crippen LogP contribution in [0.4, 0.5) is 0 Å². The van der Waals surface area contributed by atoms with Crippen LogP contribution in [0.25, 0.3) is 20.9 Å². The third-order valence-electron chi connectivity index (χ3n) is 11.6. The van der Waals surface area contributed by atoms with Gasteiger partial charge in [0.05, 0.1) is 105 Å². The molecule has 75 heavy (non-hydrogen) atoms. The molecule has 6 atom stereocenters. The Morgan fingerprint density at radius 3 is 1.25 bits per heavy atom. The van der Waals surface area contributed by atoms with Crippen molar-refractivity contribution >= 4 is 15.6 Å². The molecule has 2 aromatic carbocycles. The van der Waals surface area contributed by atoms with Crippen LogP contribution in [0.1, 0.15) is 134 Å². The molecule has 0 radical (unpaired) electrons. The molecule has 0 aliphatic heterocycles. The highest BCUT2D eigenvalue weighted by molar-refractivity contribution is 7.48. The Morgan fingerprint density at radius 1 is 0.507 bits per heavy atom. The van der Waals surface area contributed by atoms with Gasteiger partial charge in [0.2, 0.25) is 0 Å². The van der Waals surface area contributed by atoms with Gasteiger partial charge in [-0.3, -0.25) is 27.1 Å². The van der Waals surface area contributed by atoms with Crippen molar-refractivity contribution in [3.63, 3.8) is 0 Å². The van der Waals surface area contributed by atoms with Crippen LogP contribution in [0.2, 0.25) is 0 Å². The number of hydrogen-bond donors (Lipinski definition) is 0. The summed E-state index contributed by atoms with van der Waals surface area (Å²) in [6.07, 6.45) is 18.6. The molecule has 2 rings (SSSR count). The SMILES string of the molecule is C=CCOP(=O)(OCCCCCOP(=O)(OCC=C)OCC(COCC[C@H](CCCCCCC)OCc1ccc(OC)cc1)N=[N+]=[N-])OCC(COCC[C@@H](CCCCCCC)OCc1ccc(OC)cc1)N=[N+]=[N-]. The lowest BCUT2D eigenvalue weighted by atomic mass is 10.1. The second kappa shape index (κ2) is 44.2. The first kappa shape index (κ1) is 67.3. The first-order valence-electron chi connectivity index (χ1n) is 26.6. The highest BCUT2D eigenvalue weighted by Gasteiger charge is 2.29. The second-order valence-electron chi connectivity index (χ2n) is 17.8. The van der Waals surface area contributed by atoms with Gasteiger partial charge in [0.1, 0.15) is 11.5 Å². The summed E-state index contributed by atoms with van der Waals surface area (Å²) in [7, 11) is -4.95. The minimum atomic E-state index is -4.11. The predicted molar refractivity (Wildman–Crippen MR) is 292 cm³/mol. The van der Waals surface area contributed by atoms with Crippen molar-refractivity contribution in [2.45, 2.75) is 161 Å². The van der Waals surface area contributed by atoms with E-state index in [0.717, 1.165) is 61.2 Å². The van der Waals surface area contributed by atoms with Crippen LogP contribution < -0.4 is 9.47 Å². The lowest BCUT2D eigenvalue weighted by molar-refractivity contribution is 0.00202. The molecule has 20 nitrogen and oxygen atoms in total. The molecule has 0 saturated heterocycles. The van der Waals surface area contributed by atoms with Crippen LogP contribution in [0.15, 0.2) is 84.1 Å². The van der Waals surface area contributed by atoms with Gasteiger partial charge in [-0.1, -0.05) is 125 Å². The third-order valence-corrected chi connectivity index (χ3v) is 14.5. The molecule has 0 spiro atoms. The zero-order chi connectivity index (χ0) is 54.5. The van der Waals surface area contributed by atoms with Gasteiger partial charge in [0.15, 0.2) is 0 Å². The Balaban J connectivity index is 1.83. The topological polar surface area (TPSA) is 242 Å². The smallest absolute Gasteiger partial charge is 0.475 e. The molecule has 0 fully saturated rings. The number of azide groups is 2. The van der Waals surface area contributed by atoms with Crippen LogP contribution in [-0.4, -0.2) is 105 Å². The normalized spacial score (nSPS) is 14.6. The van der Waals surface area contributed by atoms with Crippen LogP contribution >= 0.6 is 15.6 Å². The van der Waals surface area contributed by atoms with E-state index in [0.29, 0.717) is 58.5 Å². The summed E-state index contributed by atoms with van der Waals surface area (Å²) in [5.41, 5.74) is 20.6. The first-order valence-corrected chi connectivity index (χ1v) is 29.5. The molecule has 0 aromatic heterocycles. The van der Waals surface area contributed by atoms with Crippen molar-refractivity contribution in [1.29, 1.82) is 0 Å². The molecule has 2 aromatic rings. The van der Waals surface area contributed by atoms with Crippen molar-refractivity contribution < 1.29 is 64.7 Å². The first-order chi connectivity index (χ1) is 36.6. The van der Waals surface area contributed by atoms with Crippen LogP contribution in [0.5, 0.6) is 11.5 Å². The van der Waals surface area contributed by atoms with Crippen molar-refractivity contribution in [2.75, 3.05) is 80.3 Å². The molecule has 22 heteroatoms. The average molecular weight is 1100 g/mol. The van der Waals surface area contributed by atoms with E-state index in [1.54, 1.807) is 14.2 Å². The molecule has 4 unspecified atom stereocenters. The standard InChI is InChI=1S/C53H88N6O14P2/c1-7-11-13-15-18-22-52(66-40-46-24-28-50(62-5)29-25-46)32-38-64-42-48(56-58-54)44-72-74(60,68-34-9-3)70-36-20-17-21-37-71-75(61,69-35-10-4)73-45-49(57-59-55)43-65-39-33-53(23-19-16-14-12-8-2)67-41-47-26-30-51(63-6)31-27-47/h9-10,24-31,48-49,52-53H,3-4,7-8,11-23,32-45H2,1-2,5-6H3/t48?,49?,52-,53+,74?,75?. The Labute approximate surface area is 447 Å². The van der Waals surface area contributed by atoms with Gasteiger partial charge in [-0.2, -0.15) is 0 Å². The Bertz CT molecular complexity index is 1820. The summed E-state index contributed by atoms with van der Waals surface area (Å²) in [5, 5.41) is 7.57. The molecule has 0 amide bonds. The number of phosphoric ester groups is 2. The minimum absolute atomic E-state index is 0.0139. The van der Waals surface area contributed by atoms with Gasteiger partial charge in [-0.25, -0.2) is 9.13 Å². The molecular weight excluding hydrogens is 1010 g/mol. The Hall–Kier alpha value is -3.80. The number of benzene rings is 2. The van der Waals surface area contributed by atoms with Gasteiger partial charge in [0.25, 0.3) is 0 Å². The van der Waals surface area contributed by atoms with Gasteiger partial charge in [-0.15, -0.1) is 13.2 Å². The monoisotopic (exact) mass is 1090 g/mol. The van der Waals surface area contributed by atoms with E-state index in [-0.39, 0.29) is 65.1 Å². The number of methoxy groups -OCH3 is 2. The molecule has 0 saturated carbocycles. The summed E-state index contributed by atoms with van der Waals surface area (Å²) in [5.74, 6) is 1.57. The molecule has 0 bridgehead atoms. The zero-order valence-electron chi connectivity index (χ0n) is 45.3. The largest absolute Gasteiger partial charge is 0.497 e. The van der Waals surface area contributed by atoms with E-state index < -0.39 is 27.7 Å². The van der Waals surface area contributed by atoms with E-state index in [9.17, 15) is 20.2 Å². The van der Waals surface area contributed by atoms with Crippen molar-refractivity contribution in [3.8, 4) is 11.5 Å². The van der Waals surface area contributed by atoms with Crippen LogP contribution in [0.3, 0.4) is 0 Å². The highest BCUT2D eigenvalue weighted by Crippen LogP contribution is 2.51. The average Bonchev–Trinajstić information content (AvgIpc) is 3.43. The van der Waals surface area contributed by atoms with E-state index in [1.165, 1.54) is 50.7 Å². The van der Waals surface area contributed by atoms with Crippen molar-refractivity contribution in [3.05, 3.63) is 106 Å². The fourth-order valence-electron chi connectivity index (χ4n) is 7.29. The lowest BCUT2D eigenvalue weighted by Crippen LogP contribution is -2.22. The van der Waals surface area contributed by atoms with Crippen molar-refractivity contribution in [2.24, 2.45) is 10.2 Å². The lowest BCUT2D eigenvalue weighted by Gasteiger charge is -2.21. The van der Waals surface area contributed by atoms with E-state index in [1.807, 2.05) is 48.5 Å². The predicted octanol–water partition coefficient (Wildman–Crippen LogP) is 14.9. The summed E-state index contributed by atoms with van der Waals surface area (Å²) < 4.78 is 95.5. The maximum absolute atomic E-state index is 13.6. The Morgan fingerprint density at radius 2 is 0.893 bits per heavy atom. The number of nitrogens with zero attached hydrogens (tertiary/aromatic N) is 6. The summed E-state index contributed by atoms with van der Waals surface area (Å²) in [4.78, 5) is 5.85. The fourth-order valence-corrected chi connectivity index (χ4v) is 9.73. The van der Waals surface area contributed by atoms with Gasteiger partial charge in [-0.05, 0) is 91.4 Å². The van der Waals surface area contributed by atoms with Gasteiger partial charge in [0, 0.05) is 23.0 Å². The summed E-state index contributed by atoms with van der Waals surface area (Å²) >= 11 is 0. The van der Waals surface area contributed by atoms with Crippen molar-refractivity contribution in [1.82, 2.24) is 0 Å². The molecule has 424 valence electrons.